The number of aromatic nitrogens is 2. The van der Waals surface area contributed by atoms with Crippen molar-refractivity contribution in [2.45, 2.75) is 38.1 Å². The van der Waals surface area contributed by atoms with Gasteiger partial charge in [0.25, 0.3) is 0 Å². The van der Waals surface area contributed by atoms with E-state index >= 15 is 0 Å². The number of benzene rings is 1. The molecule has 0 amide bonds. The summed E-state index contributed by atoms with van der Waals surface area (Å²) in [4.78, 5) is 7.30. The second-order valence-electron chi connectivity index (χ2n) is 7.37. The second-order valence-corrected chi connectivity index (χ2v) is 9.05. The first kappa shape index (κ1) is 19.0. The zero-order chi connectivity index (χ0) is 20.0. The van der Waals surface area contributed by atoms with Crippen LogP contribution in [-0.4, -0.2) is 23.9 Å². The van der Waals surface area contributed by atoms with Crippen molar-refractivity contribution in [3.8, 4) is 17.5 Å². The molecule has 0 aliphatic carbocycles. The third-order valence-corrected chi connectivity index (χ3v) is 5.68. The molecular weight excluding hydrogens is 367 g/mol. The number of aromatic amines is 1. The first-order chi connectivity index (χ1) is 12.5. The molecule has 140 valence electrons. The van der Waals surface area contributed by atoms with Crippen LogP contribution in [0.4, 0.5) is 4.39 Å². The van der Waals surface area contributed by atoms with Gasteiger partial charge in [-0.1, -0.05) is 0 Å². The van der Waals surface area contributed by atoms with E-state index in [1.165, 1.54) is 24.4 Å². The summed E-state index contributed by atoms with van der Waals surface area (Å²) >= 11 is 0. The molecule has 0 saturated heterocycles. The number of aryl methyl sites for hydroxylation is 1. The molecule has 0 fully saturated rings. The van der Waals surface area contributed by atoms with Gasteiger partial charge in [0.2, 0.25) is 10.0 Å². The summed E-state index contributed by atoms with van der Waals surface area (Å²) in [5.41, 5.74) is 1.54. The fourth-order valence-electron chi connectivity index (χ4n) is 2.78. The number of nitrogens with zero attached hydrogens (tertiary/aromatic N) is 2. The maximum Gasteiger partial charge on any atom is 0.242 e. The number of nitrogens with one attached hydrogen (secondary N) is 2. The van der Waals surface area contributed by atoms with E-state index in [1.807, 2.05) is 0 Å². The van der Waals surface area contributed by atoms with Gasteiger partial charge in [-0.3, -0.25) is 4.98 Å². The molecule has 0 saturated carbocycles. The van der Waals surface area contributed by atoms with E-state index in [0.717, 1.165) is 0 Å². The molecule has 8 heteroatoms. The number of hydrogen-bond acceptors (Lipinski definition) is 4. The maximum atomic E-state index is 13.9. The van der Waals surface area contributed by atoms with Crippen LogP contribution in [0.2, 0.25) is 0 Å². The Balaban J connectivity index is 2.07. The number of pyridine rings is 1. The molecule has 1 aromatic carbocycles. The van der Waals surface area contributed by atoms with Gasteiger partial charge in [0.1, 0.15) is 16.8 Å². The normalized spacial score (nSPS) is 12.3. The Hall–Kier alpha value is -2.76. The van der Waals surface area contributed by atoms with Gasteiger partial charge in [-0.2, -0.15) is 5.26 Å². The van der Waals surface area contributed by atoms with Crippen LogP contribution in [0, 0.1) is 24.1 Å². The molecule has 2 heterocycles. The van der Waals surface area contributed by atoms with Crippen LogP contribution in [0.25, 0.3) is 22.3 Å². The zero-order valence-electron chi connectivity index (χ0n) is 15.4. The van der Waals surface area contributed by atoms with Crippen LogP contribution >= 0.6 is 0 Å². The summed E-state index contributed by atoms with van der Waals surface area (Å²) in [6.45, 7) is 6.88. The van der Waals surface area contributed by atoms with Crippen molar-refractivity contribution in [2.75, 3.05) is 0 Å². The van der Waals surface area contributed by atoms with Crippen molar-refractivity contribution in [3.63, 3.8) is 0 Å². The quantitative estimate of drug-likeness (QED) is 0.718. The van der Waals surface area contributed by atoms with Gasteiger partial charge in [-0.25, -0.2) is 17.5 Å². The first-order valence-corrected chi connectivity index (χ1v) is 9.72. The Morgan fingerprint density at radius 2 is 1.96 bits per heavy atom. The monoisotopic (exact) mass is 386 g/mol. The number of nitriles is 1. The fraction of sp³-hybridized carbons (Fsp3) is 0.263. The van der Waals surface area contributed by atoms with Crippen molar-refractivity contribution >= 4 is 20.9 Å². The Morgan fingerprint density at radius 1 is 1.26 bits per heavy atom. The van der Waals surface area contributed by atoms with Gasteiger partial charge < -0.3 is 4.98 Å². The third kappa shape index (κ3) is 3.70. The SMILES string of the molecule is Cc1cc2[nH]c(-c3ccc(S(=O)(=O)NC(C)(C)C)cn3)c(C#N)c2cc1F. The number of hydrogen-bond donors (Lipinski definition) is 2. The van der Waals surface area contributed by atoms with E-state index in [4.69, 9.17) is 0 Å². The highest BCUT2D eigenvalue weighted by Gasteiger charge is 2.23. The van der Waals surface area contributed by atoms with E-state index in [0.29, 0.717) is 27.9 Å². The number of H-pyrrole nitrogens is 1. The second kappa shape index (κ2) is 6.44. The number of rotatable bonds is 3. The molecule has 0 radical (unpaired) electrons. The predicted molar refractivity (Wildman–Crippen MR) is 101 cm³/mol. The predicted octanol–water partition coefficient (Wildman–Crippen LogP) is 3.63. The number of sulfonamides is 1. The average molecular weight is 386 g/mol. The van der Waals surface area contributed by atoms with Crippen molar-refractivity contribution in [3.05, 3.63) is 47.4 Å². The molecule has 2 aromatic heterocycles. The molecular formula is C19H19FN4O2S. The minimum absolute atomic E-state index is 0.0256. The molecule has 6 nitrogen and oxygen atoms in total. The van der Waals surface area contributed by atoms with Gasteiger partial charge in [-0.05, 0) is 57.5 Å². The van der Waals surface area contributed by atoms with Crippen LogP contribution in [0.1, 0.15) is 31.9 Å². The Kier molecular flexibility index (Phi) is 4.54. The number of halogens is 1. The third-order valence-electron chi connectivity index (χ3n) is 3.93. The van der Waals surface area contributed by atoms with E-state index < -0.39 is 21.4 Å². The minimum Gasteiger partial charge on any atom is -0.352 e. The summed E-state index contributed by atoms with van der Waals surface area (Å²) in [6, 6.07) is 7.96. The molecule has 0 bridgehead atoms. The lowest BCUT2D eigenvalue weighted by Crippen LogP contribution is -2.40. The number of fused-ring (bicyclic) bond motifs is 1. The Morgan fingerprint density at radius 3 is 2.52 bits per heavy atom. The molecule has 0 aliphatic rings. The highest BCUT2D eigenvalue weighted by Crippen LogP contribution is 2.30. The van der Waals surface area contributed by atoms with Gasteiger partial charge in [0.05, 0.1) is 17.0 Å². The first-order valence-electron chi connectivity index (χ1n) is 8.24. The summed E-state index contributed by atoms with van der Waals surface area (Å²) in [5, 5.41) is 9.97. The highest BCUT2D eigenvalue weighted by molar-refractivity contribution is 7.89. The molecule has 0 atom stereocenters. The van der Waals surface area contributed by atoms with Crippen LogP contribution < -0.4 is 4.72 Å². The zero-order valence-corrected chi connectivity index (χ0v) is 16.2. The highest BCUT2D eigenvalue weighted by atomic mass is 32.2. The van der Waals surface area contributed by atoms with Crippen LogP contribution in [-0.2, 0) is 10.0 Å². The van der Waals surface area contributed by atoms with Crippen molar-refractivity contribution in [1.29, 1.82) is 5.26 Å². The van der Waals surface area contributed by atoms with Gasteiger partial charge in [-0.15, -0.1) is 0 Å². The summed E-state index contributed by atoms with van der Waals surface area (Å²) in [6.07, 6.45) is 1.24. The standard InChI is InChI=1S/C19H19FN4O2S/c1-11-7-17-13(8-15(11)20)14(9-21)18(23-17)16-6-5-12(10-22-16)27(25,26)24-19(2,3)4/h5-8,10,23-24H,1-4H3. The van der Waals surface area contributed by atoms with Crippen molar-refractivity contribution in [1.82, 2.24) is 14.7 Å². The molecule has 0 aliphatic heterocycles. The van der Waals surface area contributed by atoms with Crippen molar-refractivity contribution in [2.24, 2.45) is 0 Å². The molecule has 3 aromatic rings. The van der Waals surface area contributed by atoms with Crippen molar-refractivity contribution < 1.29 is 12.8 Å². The van der Waals surface area contributed by atoms with Gasteiger partial charge in [0, 0.05) is 22.6 Å². The lowest BCUT2D eigenvalue weighted by Gasteiger charge is -2.20. The Labute approximate surface area is 157 Å². The van der Waals surface area contributed by atoms with Crippen LogP contribution in [0.15, 0.2) is 35.4 Å². The molecule has 0 spiro atoms. The molecule has 2 N–H and O–H groups in total. The van der Waals surface area contributed by atoms with Crippen LogP contribution in [0.5, 0.6) is 0 Å². The Bertz CT molecular complexity index is 1170. The topological polar surface area (TPSA) is 98.6 Å². The lowest BCUT2D eigenvalue weighted by molar-refractivity contribution is 0.491. The average Bonchev–Trinajstić information content (AvgIpc) is 2.90. The molecule has 0 unspecified atom stereocenters. The summed E-state index contributed by atoms with van der Waals surface area (Å²) in [5.74, 6) is -0.396. The largest absolute Gasteiger partial charge is 0.352 e. The summed E-state index contributed by atoms with van der Waals surface area (Å²) in [7, 11) is -3.71. The van der Waals surface area contributed by atoms with Gasteiger partial charge >= 0.3 is 0 Å². The van der Waals surface area contributed by atoms with Crippen LogP contribution in [0.3, 0.4) is 0 Å². The smallest absolute Gasteiger partial charge is 0.242 e. The summed E-state index contributed by atoms with van der Waals surface area (Å²) < 4.78 is 41.2. The maximum absolute atomic E-state index is 13.9. The lowest BCUT2D eigenvalue weighted by atomic mass is 10.1. The van der Waals surface area contributed by atoms with E-state index in [2.05, 4.69) is 20.8 Å². The minimum atomic E-state index is -3.71. The van der Waals surface area contributed by atoms with E-state index in [-0.39, 0.29) is 10.5 Å². The van der Waals surface area contributed by atoms with Gasteiger partial charge in [0.15, 0.2) is 0 Å². The van der Waals surface area contributed by atoms with E-state index in [1.54, 1.807) is 33.8 Å². The molecule has 27 heavy (non-hydrogen) atoms. The van der Waals surface area contributed by atoms with E-state index in [9.17, 15) is 18.1 Å². The fourth-order valence-corrected chi connectivity index (χ4v) is 4.14. The molecule has 3 rings (SSSR count).